The van der Waals surface area contributed by atoms with Gasteiger partial charge in [-0.3, -0.25) is 4.79 Å². The van der Waals surface area contributed by atoms with E-state index in [9.17, 15) is 13.2 Å². The number of carbonyl (C=O) groups excluding carboxylic acids is 1. The average Bonchev–Trinajstić information content (AvgIpc) is 3.64. The molecule has 1 aliphatic rings. The third kappa shape index (κ3) is 6.73. The van der Waals surface area contributed by atoms with E-state index in [1.807, 2.05) is 48.5 Å². The second kappa shape index (κ2) is 9.95. The first-order valence-corrected chi connectivity index (χ1v) is 12.7. The monoisotopic (exact) mass is 463 g/mol. The van der Waals surface area contributed by atoms with Gasteiger partial charge in [0.2, 0.25) is 5.88 Å². The summed E-state index contributed by atoms with van der Waals surface area (Å²) >= 11 is 0. The van der Waals surface area contributed by atoms with Crippen molar-refractivity contribution in [2.24, 2.45) is 0 Å². The van der Waals surface area contributed by atoms with Crippen LogP contribution in [-0.2, 0) is 16.3 Å². The number of sulfone groups is 1. The van der Waals surface area contributed by atoms with Crippen LogP contribution in [0.1, 0.15) is 40.5 Å². The first kappa shape index (κ1) is 22.7. The molecule has 0 radical (unpaired) electrons. The first-order chi connectivity index (χ1) is 15.9. The Hall–Kier alpha value is -3.52. The lowest BCUT2D eigenvalue weighted by molar-refractivity contribution is 0.0941. The number of carbonyl (C=O) groups is 1. The molecule has 33 heavy (non-hydrogen) atoms. The normalized spacial score (nSPS) is 14.7. The molecular weight excluding hydrogens is 438 g/mol. The van der Waals surface area contributed by atoms with Gasteiger partial charge in [-0.15, -0.1) is 0 Å². The second-order valence-electron chi connectivity index (χ2n) is 8.06. The van der Waals surface area contributed by atoms with E-state index in [2.05, 4.69) is 15.3 Å². The highest BCUT2D eigenvalue weighted by molar-refractivity contribution is 7.93. The van der Waals surface area contributed by atoms with E-state index in [1.165, 1.54) is 12.3 Å². The van der Waals surface area contributed by atoms with Crippen LogP contribution in [0.2, 0.25) is 0 Å². The number of nitrogens with one attached hydrogen (secondary N) is 1. The third-order valence-electron chi connectivity index (χ3n) is 5.09. The summed E-state index contributed by atoms with van der Waals surface area (Å²) in [4.78, 5) is 22.1. The largest absolute Gasteiger partial charge is 0.438 e. The zero-order valence-corrected chi connectivity index (χ0v) is 19.0. The summed E-state index contributed by atoms with van der Waals surface area (Å²) in [5.41, 5.74) is 1.15. The molecule has 170 valence electrons. The van der Waals surface area contributed by atoms with Crippen molar-refractivity contribution < 1.29 is 17.9 Å². The van der Waals surface area contributed by atoms with Gasteiger partial charge < -0.3 is 10.1 Å². The summed E-state index contributed by atoms with van der Waals surface area (Å²) in [5, 5.41) is 4.00. The molecular formula is C25H25N3O4S. The van der Waals surface area contributed by atoms with Crippen molar-refractivity contribution in [2.75, 3.05) is 6.26 Å². The molecule has 1 aliphatic carbocycles. The molecule has 0 bridgehead atoms. The highest BCUT2D eigenvalue weighted by Gasteiger charge is 2.29. The van der Waals surface area contributed by atoms with Crippen LogP contribution in [0.15, 0.2) is 78.3 Å². The number of nitrogens with zero attached hydrogens (tertiary/aromatic N) is 2. The standard InChI is InChI=1S/C25H25N3O4S/c1-33(30,31)15-14-20(16-18-8-4-2-5-9-18)27-24(29)22-17-26-23(19-12-13-19)28-25(22)32-21-10-6-3-7-11-21/h2-11,14-15,17,19-20H,12-13,16H2,1H3,(H,27,29)/b15-14-. The van der Waals surface area contributed by atoms with Crippen molar-refractivity contribution in [3.05, 3.63) is 95.3 Å². The molecule has 7 nitrogen and oxygen atoms in total. The molecule has 1 aromatic heterocycles. The summed E-state index contributed by atoms with van der Waals surface area (Å²) in [7, 11) is -3.35. The SMILES string of the molecule is CS(=O)(=O)/C=C\C(Cc1ccccc1)NC(=O)c1cnc(C2CC2)nc1Oc1ccccc1. The van der Waals surface area contributed by atoms with Crippen molar-refractivity contribution in [2.45, 2.75) is 31.2 Å². The number of hydrogen-bond acceptors (Lipinski definition) is 6. The Morgan fingerprint density at radius 3 is 2.42 bits per heavy atom. The van der Waals surface area contributed by atoms with Crippen LogP contribution in [0, 0.1) is 0 Å². The minimum absolute atomic E-state index is 0.182. The van der Waals surface area contributed by atoms with Gasteiger partial charge in [-0.2, -0.15) is 4.98 Å². The molecule has 3 aromatic rings. The number of aromatic nitrogens is 2. The fourth-order valence-corrected chi connectivity index (χ4v) is 3.75. The van der Waals surface area contributed by atoms with E-state index in [0.717, 1.165) is 30.1 Å². The minimum atomic E-state index is -3.35. The fraction of sp³-hybridized carbons (Fsp3) is 0.240. The Kier molecular flexibility index (Phi) is 6.84. The number of benzene rings is 2. The smallest absolute Gasteiger partial charge is 0.258 e. The highest BCUT2D eigenvalue weighted by Crippen LogP contribution is 2.39. The molecule has 1 unspecified atom stereocenters. The lowest BCUT2D eigenvalue weighted by Gasteiger charge is -2.17. The Labute approximate surface area is 193 Å². The molecule has 0 aliphatic heterocycles. The fourth-order valence-electron chi connectivity index (χ4n) is 3.27. The Morgan fingerprint density at radius 1 is 1.12 bits per heavy atom. The van der Waals surface area contributed by atoms with Gasteiger partial charge in [-0.25, -0.2) is 13.4 Å². The molecule has 1 heterocycles. The van der Waals surface area contributed by atoms with E-state index in [1.54, 1.807) is 12.1 Å². The third-order valence-corrected chi connectivity index (χ3v) is 5.74. The molecule has 1 N–H and O–H groups in total. The van der Waals surface area contributed by atoms with Crippen molar-refractivity contribution in [3.63, 3.8) is 0 Å². The molecule has 8 heteroatoms. The zero-order chi connectivity index (χ0) is 23.3. The maximum absolute atomic E-state index is 13.2. The van der Waals surface area contributed by atoms with Crippen LogP contribution < -0.4 is 10.1 Å². The summed E-state index contributed by atoms with van der Waals surface area (Å²) in [5.74, 6) is 1.26. The Bertz CT molecular complexity index is 1240. The zero-order valence-electron chi connectivity index (χ0n) is 18.2. The van der Waals surface area contributed by atoms with Crippen LogP contribution in [-0.4, -0.2) is 36.6 Å². The van der Waals surface area contributed by atoms with Crippen LogP contribution in [0.5, 0.6) is 11.6 Å². The average molecular weight is 464 g/mol. The summed E-state index contributed by atoms with van der Waals surface area (Å²) in [6.07, 6.45) is 6.54. The van der Waals surface area contributed by atoms with Gasteiger partial charge in [0.05, 0.1) is 6.04 Å². The molecule has 1 saturated carbocycles. The number of hydrogen-bond donors (Lipinski definition) is 1. The lowest BCUT2D eigenvalue weighted by Crippen LogP contribution is -2.35. The molecule has 1 amide bonds. The predicted molar refractivity (Wildman–Crippen MR) is 126 cm³/mol. The van der Waals surface area contributed by atoms with Gasteiger partial charge in [0.15, 0.2) is 9.84 Å². The van der Waals surface area contributed by atoms with E-state index >= 15 is 0 Å². The van der Waals surface area contributed by atoms with Gasteiger partial charge in [0.1, 0.15) is 17.1 Å². The van der Waals surface area contributed by atoms with Crippen molar-refractivity contribution in [1.29, 1.82) is 0 Å². The molecule has 1 fully saturated rings. The van der Waals surface area contributed by atoms with Gasteiger partial charge >= 0.3 is 0 Å². The Balaban J connectivity index is 1.60. The van der Waals surface area contributed by atoms with E-state index in [0.29, 0.717) is 23.9 Å². The van der Waals surface area contributed by atoms with E-state index in [4.69, 9.17) is 4.74 Å². The van der Waals surface area contributed by atoms with Crippen molar-refractivity contribution in [3.8, 4) is 11.6 Å². The van der Waals surface area contributed by atoms with Gasteiger partial charge in [-0.05, 0) is 37.0 Å². The van der Waals surface area contributed by atoms with Gasteiger partial charge in [0, 0.05) is 23.8 Å². The maximum Gasteiger partial charge on any atom is 0.258 e. The number of rotatable bonds is 9. The van der Waals surface area contributed by atoms with Crippen LogP contribution in [0.25, 0.3) is 0 Å². The molecule has 0 spiro atoms. The number of para-hydroxylation sites is 1. The van der Waals surface area contributed by atoms with Crippen LogP contribution >= 0.6 is 0 Å². The molecule has 0 saturated heterocycles. The highest BCUT2D eigenvalue weighted by atomic mass is 32.2. The van der Waals surface area contributed by atoms with E-state index < -0.39 is 21.8 Å². The Morgan fingerprint density at radius 2 is 1.79 bits per heavy atom. The molecule has 4 rings (SSSR count). The van der Waals surface area contributed by atoms with Crippen LogP contribution in [0.4, 0.5) is 0 Å². The van der Waals surface area contributed by atoms with Crippen LogP contribution in [0.3, 0.4) is 0 Å². The van der Waals surface area contributed by atoms with E-state index in [-0.39, 0.29) is 11.4 Å². The molecule has 1 atom stereocenters. The predicted octanol–water partition coefficient (Wildman–Crippen LogP) is 4.05. The van der Waals surface area contributed by atoms with Gasteiger partial charge in [-0.1, -0.05) is 54.6 Å². The van der Waals surface area contributed by atoms with Crippen molar-refractivity contribution in [1.82, 2.24) is 15.3 Å². The van der Waals surface area contributed by atoms with Gasteiger partial charge in [0.25, 0.3) is 5.91 Å². The second-order valence-corrected chi connectivity index (χ2v) is 10.00. The summed E-state index contributed by atoms with van der Waals surface area (Å²) in [6, 6.07) is 18.1. The lowest BCUT2D eigenvalue weighted by atomic mass is 10.1. The maximum atomic E-state index is 13.2. The number of ether oxygens (including phenoxy) is 1. The summed E-state index contributed by atoms with van der Waals surface area (Å²) in [6.45, 7) is 0. The minimum Gasteiger partial charge on any atom is -0.438 e. The summed E-state index contributed by atoms with van der Waals surface area (Å²) < 4.78 is 29.3. The first-order valence-electron chi connectivity index (χ1n) is 10.7. The number of amides is 1. The quantitative estimate of drug-likeness (QED) is 0.514. The topological polar surface area (TPSA) is 98.2 Å². The molecule has 2 aromatic carbocycles. The van der Waals surface area contributed by atoms with Crippen molar-refractivity contribution >= 4 is 15.7 Å².